The van der Waals surface area contributed by atoms with Crippen LogP contribution in [0, 0.1) is 0 Å². The van der Waals surface area contributed by atoms with E-state index in [4.69, 9.17) is 76.2 Å². The summed E-state index contributed by atoms with van der Waals surface area (Å²) in [5.74, 6) is 0. The third kappa shape index (κ3) is 40.9. The molecule has 16 unspecified atom stereocenters. The van der Waals surface area contributed by atoms with E-state index in [-0.39, 0.29) is 105 Å². The monoisotopic (exact) mass is 947 g/mol. The first kappa shape index (κ1) is 64.3. The molecule has 0 aliphatic carbocycles. The largest absolute Gasteiger partial charge is 0.394 e. The van der Waals surface area contributed by atoms with Gasteiger partial charge in [0.25, 0.3) is 0 Å². The van der Waals surface area contributed by atoms with Crippen LogP contribution in [0.5, 0.6) is 0 Å². The van der Waals surface area contributed by atoms with E-state index >= 15 is 0 Å². The Morgan fingerprint density at radius 3 is 0.415 bits per heavy atom. The molecule has 0 aliphatic heterocycles. The minimum absolute atomic E-state index is 0.0106. The Bertz CT molecular complexity index is 1050. The Morgan fingerprint density at radius 1 is 0.200 bits per heavy atom. The number of hydrogen-bond donors (Lipinski definition) is 2. The minimum Gasteiger partial charge on any atom is -0.394 e. The summed E-state index contributed by atoms with van der Waals surface area (Å²) in [6.07, 6.45) is -2.06. The minimum atomic E-state index is -0.494. The van der Waals surface area contributed by atoms with Crippen molar-refractivity contribution in [2.45, 2.75) is 208 Å². The average Bonchev–Trinajstić information content (AvgIpc) is 3.28. The van der Waals surface area contributed by atoms with Gasteiger partial charge in [-0.2, -0.15) is 0 Å². The van der Waals surface area contributed by atoms with Crippen molar-refractivity contribution in [1.82, 2.24) is 0 Å². The molecule has 0 aromatic heterocycles. The molecule has 392 valence electrons. The molecule has 17 heteroatoms. The van der Waals surface area contributed by atoms with Gasteiger partial charge in [-0.3, -0.25) is 0 Å². The molecule has 16 atom stereocenters. The molecular weight excluding hydrogens is 849 g/mol. The Labute approximate surface area is 394 Å². The van der Waals surface area contributed by atoms with Crippen molar-refractivity contribution in [3.8, 4) is 0 Å². The van der Waals surface area contributed by atoms with Crippen LogP contribution in [0.25, 0.3) is 0 Å². The third-order valence-corrected chi connectivity index (χ3v) is 9.50. The number of aliphatic hydroxyl groups is 2. The van der Waals surface area contributed by atoms with Gasteiger partial charge in [-0.25, -0.2) is 0 Å². The van der Waals surface area contributed by atoms with E-state index in [0.29, 0.717) is 92.5 Å². The lowest BCUT2D eigenvalue weighted by atomic mass is 10.3. The molecule has 0 amide bonds. The number of rotatable bonds is 46. The summed E-state index contributed by atoms with van der Waals surface area (Å²) < 4.78 is 88.0. The van der Waals surface area contributed by atoms with Gasteiger partial charge in [-0.1, -0.05) is 0 Å². The van der Waals surface area contributed by atoms with E-state index in [2.05, 4.69) is 0 Å². The smallest absolute Gasteiger partial charge is 0.0781 e. The number of ether oxygens (including phenoxy) is 15. The van der Waals surface area contributed by atoms with Gasteiger partial charge >= 0.3 is 0 Å². The van der Waals surface area contributed by atoms with Crippen LogP contribution in [0.1, 0.15) is 111 Å². The van der Waals surface area contributed by atoms with Crippen molar-refractivity contribution in [3.05, 3.63) is 0 Å². The molecule has 0 saturated heterocycles. The molecule has 0 spiro atoms. The first-order valence-corrected chi connectivity index (χ1v) is 24.2. The van der Waals surface area contributed by atoms with E-state index in [1.807, 2.05) is 104 Å². The Balaban J connectivity index is 3.99. The van der Waals surface area contributed by atoms with Crippen LogP contribution in [0.15, 0.2) is 0 Å². The van der Waals surface area contributed by atoms with Crippen molar-refractivity contribution in [2.75, 3.05) is 106 Å². The summed E-state index contributed by atoms with van der Waals surface area (Å²) in [7, 11) is 0. The van der Waals surface area contributed by atoms with Gasteiger partial charge in [-0.05, 0) is 111 Å². The summed E-state index contributed by atoms with van der Waals surface area (Å²) in [6.45, 7) is 37.5. The molecule has 2 N–H and O–H groups in total. The predicted molar refractivity (Wildman–Crippen MR) is 250 cm³/mol. The highest BCUT2D eigenvalue weighted by molar-refractivity contribution is 4.63. The van der Waals surface area contributed by atoms with Crippen LogP contribution < -0.4 is 0 Å². The Hall–Kier alpha value is -0.680. The quantitative estimate of drug-likeness (QED) is 0.0788. The summed E-state index contributed by atoms with van der Waals surface area (Å²) >= 11 is 0. The molecule has 0 radical (unpaired) electrons. The summed E-state index contributed by atoms with van der Waals surface area (Å²) in [4.78, 5) is 0. The maximum atomic E-state index is 9.34. The number of aliphatic hydroxyl groups excluding tert-OH is 2. The highest BCUT2D eigenvalue weighted by Gasteiger charge is 2.18. The lowest BCUT2D eigenvalue weighted by Crippen LogP contribution is -2.31. The van der Waals surface area contributed by atoms with Crippen molar-refractivity contribution >= 4 is 0 Å². The van der Waals surface area contributed by atoms with Crippen LogP contribution in [0.3, 0.4) is 0 Å². The molecule has 0 saturated carbocycles. The second-order valence-electron chi connectivity index (χ2n) is 18.2. The number of hydrogen-bond acceptors (Lipinski definition) is 17. The van der Waals surface area contributed by atoms with Crippen LogP contribution in [-0.2, 0) is 71.1 Å². The molecule has 0 aromatic rings. The second-order valence-corrected chi connectivity index (χ2v) is 18.2. The van der Waals surface area contributed by atoms with Crippen molar-refractivity contribution in [1.29, 1.82) is 0 Å². The van der Waals surface area contributed by atoms with Gasteiger partial charge in [0, 0.05) is 0 Å². The van der Waals surface area contributed by atoms with Crippen molar-refractivity contribution < 1.29 is 81.3 Å². The molecular formula is C48H98O17. The SMILES string of the molecule is CC(O)COC(C)COC(C)COC(C)COC(C)COC(C)COC(C)COC(C)COC(C)COC(C)COC(C)COC(C)COC(C)COC(C)COC(C)COC(C)CO. The Kier molecular flexibility index (Phi) is 39.7. The van der Waals surface area contributed by atoms with E-state index in [1.165, 1.54) is 0 Å². The lowest BCUT2D eigenvalue weighted by molar-refractivity contribution is -0.116. The zero-order chi connectivity index (χ0) is 49.2. The molecule has 65 heavy (non-hydrogen) atoms. The van der Waals surface area contributed by atoms with Crippen LogP contribution >= 0.6 is 0 Å². The van der Waals surface area contributed by atoms with Crippen LogP contribution in [0.2, 0.25) is 0 Å². The highest BCUT2D eigenvalue weighted by atomic mass is 16.6. The van der Waals surface area contributed by atoms with Crippen LogP contribution in [0.4, 0.5) is 0 Å². The fraction of sp³-hybridized carbons (Fsp3) is 1.00. The van der Waals surface area contributed by atoms with Gasteiger partial charge in [0.1, 0.15) is 0 Å². The molecule has 0 heterocycles. The highest BCUT2D eigenvalue weighted by Crippen LogP contribution is 2.08. The third-order valence-electron chi connectivity index (χ3n) is 9.50. The molecule has 0 bridgehead atoms. The second kappa shape index (κ2) is 40.1. The first-order chi connectivity index (χ1) is 30.7. The van der Waals surface area contributed by atoms with Gasteiger partial charge < -0.3 is 81.3 Å². The molecule has 0 rings (SSSR count). The van der Waals surface area contributed by atoms with Gasteiger partial charge in [0.05, 0.1) is 203 Å². The van der Waals surface area contributed by atoms with E-state index in [0.717, 1.165) is 0 Å². The first-order valence-electron chi connectivity index (χ1n) is 24.2. The molecule has 0 fully saturated rings. The maximum absolute atomic E-state index is 9.34. The molecule has 17 nitrogen and oxygen atoms in total. The maximum Gasteiger partial charge on any atom is 0.0781 e. The van der Waals surface area contributed by atoms with Gasteiger partial charge in [-0.15, -0.1) is 0 Å². The zero-order valence-electron chi connectivity index (χ0n) is 43.6. The topological polar surface area (TPSA) is 179 Å². The van der Waals surface area contributed by atoms with E-state index < -0.39 is 6.10 Å². The van der Waals surface area contributed by atoms with Gasteiger partial charge in [0.2, 0.25) is 0 Å². The summed E-state index contributed by atoms with van der Waals surface area (Å²) in [6, 6.07) is 0. The van der Waals surface area contributed by atoms with Crippen molar-refractivity contribution in [2.24, 2.45) is 0 Å². The predicted octanol–water partition coefficient (Wildman–Crippen LogP) is 5.44. The summed E-state index contributed by atoms with van der Waals surface area (Å²) in [5, 5.41) is 18.4. The standard InChI is InChI=1S/C48H98O17/c1-33(50)18-51-35(3)20-53-37(5)22-55-39(7)24-57-41(9)26-59-43(11)28-61-45(13)30-63-47(15)32-65-48(16)31-64-46(14)29-62-44(12)27-60-42(10)25-58-40(8)23-56-38(6)21-54-36(4)19-52-34(2)17-49/h33-50H,17-32H2,1-16H3. The fourth-order valence-electron chi connectivity index (χ4n) is 5.23. The van der Waals surface area contributed by atoms with Crippen LogP contribution in [-0.4, -0.2) is 214 Å². The normalized spacial score (nSPS) is 19.8. The van der Waals surface area contributed by atoms with Gasteiger partial charge in [0.15, 0.2) is 0 Å². The fourth-order valence-corrected chi connectivity index (χ4v) is 5.23. The Morgan fingerprint density at radius 2 is 0.308 bits per heavy atom. The van der Waals surface area contributed by atoms with E-state index in [9.17, 15) is 5.11 Å². The zero-order valence-corrected chi connectivity index (χ0v) is 43.6. The summed E-state index contributed by atoms with van der Waals surface area (Å²) in [5.41, 5.74) is 0. The molecule has 0 aromatic carbocycles. The lowest BCUT2D eigenvalue weighted by Gasteiger charge is -2.23. The molecule has 0 aliphatic rings. The van der Waals surface area contributed by atoms with E-state index in [1.54, 1.807) is 6.92 Å². The van der Waals surface area contributed by atoms with Crippen molar-refractivity contribution in [3.63, 3.8) is 0 Å². The average molecular weight is 947 g/mol.